The van der Waals surface area contributed by atoms with Crippen LogP contribution in [0.2, 0.25) is 0 Å². The molecule has 0 aromatic carbocycles. The Hall–Kier alpha value is -0.220. The normalized spacial score (nSPS) is 19.2. The molecule has 0 aromatic heterocycles. The lowest BCUT2D eigenvalue weighted by atomic mass is 10.4. The van der Waals surface area contributed by atoms with Crippen LogP contribution in [-0.4, -0.2) is 46.0 Å². The molecule has 4 heteroatoms. The minimum absolute atomic E-state index is 0.858. The molecule has 0 N–H and O–H groups in total. The maximum absolute atomic E-state index is 5.32. The van der Waals surface area contributed by atoms with Gasteiger partial charge in [0.15, 0.2) is 0 Å². The van der Waals surface area contributed by atoms with Gasteiger partial charge in [-0.25, -0.2) is 0 Å². The molecule has 2 nitrogen and oxygen atoms in total. The molecule has 0 atom stereocenters. The van der Waals surface area contributed by atoms with Gasteiger partial charge in [0.1, 0.15) is 9.98 Å². The molecule has 0 saturated carbocycles. The van der Waals surface area contributed by atoms with E-state index in [9.17, 15) is 0 Å². The molecule has 0 spiro atoms. The third kappa shape index (κ3) is 2.38. The van der Waals surface area contributed by atoms with Crippen LogP contribution < -0.4 is 0 Å². The van der Waals surface area contributed by atoms with Gasteiger partial charge in [-0.15, -0.1) is 0 Å². The van der Waals surface area contributed by atoms with Crippen molar-refractivity contribution in [3.63, 3.8) is 0 Å². The Morgan fingerprint density at radius 1 is 1.00 bits per heavy atom. The summed E-state index contributed by atoms with van der Waals surface area (Å²) in [6.07, 6.45) is 1.15. The summed E-state index contributed by atoms with van der Waals surface area (Å²) < 4.78 is 0. The van der Waals surface area contributed by atoms with E-state index in [1.807, 2.05) is 0 Å². The highest BCUT2D eigenvalue weighted by molar-refractivity contribution is 7.89. The zero-order valence-corrected chi connectivity index (χ0v) is 9.88. The van der Waals surface area contributed by atoms with E-state index in [1.54, 1.807) is 0 Å². The zero-order chi connectivity index (χ0) is 9.84. The van der Waals surface area contributed by atoms with Gasteiger partial charge in [-0.05, 0) is 20.3 Å². The number of rotatable bonds is 2. The summed E-state index contributed by atoms with van der Waals surface area (Å²) >= 11 is 10.6. The number of likely N-dealkylation sites (N-methyl/N-ethyl adjacent to an activating group) is 2. The van der Waals surface area contributed by atoms with Crippen molar-refractivity contribution in [3.8, 4) is 0 Å². The van der Waals surface area contributed by atoms with Crippen molar-refractivity contribution in [1.29, 1.82) is 0 Å². The second-order valence-electron chi connectivity index (χ2n) is 3.12. The molecule has 1 heterocycles. The minimum Gasteiger partial charge on any atom is -0.361 e. The van der Waals surface area contributed by atoms with Crippen LogP contribution in [0.1, 0.15) is 20.3 Å². The van der Waals surface area contributed by atoms with E-state index >= 15 is 0 Å². The topological polar surface area (TPSA) is 6.48 Å². The first-order valence-corrected chi connectivity index (χ1v) is 5.60. The lowest BCUT2D eigenvalue weighted by Gasteiger charge is -2.23. The highest BCUT2D eigenvalue weighted by atomic mass is 32.1. The van der Waals surface area contributed by atoms with Gasteiger partial charge in [-0.2, -0.15) is 0 Å². The Balaban J connectivity index is 2.73. The van der Waals surface area contributed by atoms with Crippen LogP contribution in [0, 0.1) is 0 Å². The third-order valence-corrected chi connectivity index (χ3v) is 3.41. The van der Waals surface area contributed by atoms with Crippen molar-refractivity contribution in [1.82, 2.24) is 9.80 Å². The third-order valence-electron chi connectivity index (χ3n) is 2.38. The van der Waals surface area contributed by atoms with E-state index in [1.165, 1.54) is 0 Å². The van der Waals surface area contributed by atoms with Gasteiger partial charge in [0, 0.05) is 26.2 Å². The molecule has 74 valence electrons. The molecule has 1 fully saturated rings. The van der Waals surface area contributed by atoms with Crippen molar-refractivity contribution in [2.24, 2.45) is 0 Å². The van der Waals surface area contributed by atoms with E-state index < -0.39 is 0 Å². The van der Waals surface area contributed by atoms with Crippen molar-refractivity contribution in [2.45, 2.75) is 20.3 Å². The van der Waals surface area contributed by atoms with Gasteiger partial charge in [0.05, 0.1) is 0 Å². The maximum atomic E-state index is 5.32. The molecule has 1 rings (SSSR count). The number of thiocarbonyl (C=S) groups is 2. The van der Waals surface area contributed by atoms with E-state index in [2.05, 4.69) is 23.6 Å². The molecule has 0 unspecified atom stereocenters. The van der Waals surface area contributed by atoms with Crippen LogP contribution in [0.3, 0.4) is 0 Å². The highest BCUT2D eigenvalue weighted by Gasteiger charge is 2.20. The van der Waals surface area contributed by atoms with Crippen LogP contribution in [0.15, 0.2) is 0 Å². The summed E-state index contributed by atoms with van der Waals surface area (Å²) in [4.78, 5) is 6.09. The summed E-state index contributed by atoms with van der Waals surface area (Å²) in [6.45, 7) is 8.28. The van der Waals surface area contributed by atoms with E-state index in [0.29, 0.717) is 0 Å². The molecule has 0 aliphatic carbocycles. The summed E-state index contributed by atoms with van der Waals surface area (Å²) in [7, 11) is 0. The summed E-state index contributed by atoms with van der Waals surface area (Å²) in [6, 6.07) is 0. The van der Waals surface area contributed by atoms with Crippen LogP contribution in [-0.2, 0) is 0 Å². The van der Waals surface area contributed by atoms with E-state index in [4.69, 9.17) is 24.4 Å². The predicted octanol–water partition coefficient (Wildman–Crippen LogP) is 1.69. The molecule has 13 heavy (non-hydrogen) atoms. The Bertz CT molecular complexity index is 194. The maximum Gasteiger partial charge on any atom is 0.136 e. The van der Waals surface area contributed by atoms with Crippen LogP contribution in [0.5, 0.6) is 0 Å². The number of hydrogen-bond donors (Lipinski definition) is 0. The lowest BCUT2D eigenvalue weighted by molar-refractivity contribution is 0.407. The summed E-state index contributed by atoms with van der Waals surface area (Å²) in [5.41, 5.74) is 0. The second-order valence-corrected chi connectivity index (χ2v) is 3.90. The average Bonchev–Trinajstić information content (AvgIpc) is 2.28. The fourth-order valence-corrected chi connectivity index (χ4v) is 2.23. The van der Waals surface area contributed by atoms with Crippen molar-refractivity contribution < 1.29 is 0 Å². The number of nitrogens with zero attached hydrogens (tertiary/aromatic N) is 2. The largest absolute Gasteiger partial charge is 0.361 e. The molecule has 0 bridgehead atoms. The van der Waals surface area contributed by atoms with Crippen molar-refractivity contribution >= 4 is 34.4 Å². The second kappa shape index (κ2) is 4.86. The minimum atomic E-state index is 0.858. The average molecular weight is 216 g/mol. The first-order valence-electron chi connectivity index (χ1n) is 4.78. The summed E-state index contributed by atoms with van der Waals surface area (Å²) in [5.74, 6) is 0. The molecular formula is C9H16N2S2. The van der Waals surface area contributed by atoms with E-state index in [-0.39, 0.29) is 0 Å². The Morgan fingerprint density at radius 3 is 1.69 bits per heavy atom. The Morgan fingerprint density at radius 2 is 1.38 bits per heavy atom. The summed E-state index contributed by atoms with van der Waals surface area (Å²) in [5, 5.41) is 0. The first kappa shape index (κ1) is 10.9. The molecule has 0 radical (unpaired) electrons. The zero-order valence-electron chi connectivity index (χ0n) is 8.25. The predicted molar refractivity (Wildman–Crippen MR) is 64.3 cm³/mol. The molecule has 1 saturated heterocycles. The Labute approximate surface area is 90.9 Å². The SMILES string of the molecule is CCN1CCCN(CC)C(=S)C1=S. The van der Waals surface area contributed by atoms with Gasteiger partial charge in [0.25, 0.3) is 0 Å². The van der Waals surface area contributed by atoms with Crippen LogP contribution in [0.4, 0.5) is 0 Å². The van der Waals surface area contributed by atoms with Gasteiger partial charge >= 0.3 is 0 Å². The smallest absolute Gasteiger partial charge is 0.136 e. The molecule has 0 aromatic rings. The van der Waals surface area contributed by atoms with Gasteiger partial charge in [-0.3, -0.25) is 0 Å². The van der Waals surface area contributed by atoms with Gasteiger partial charge in [-0.1, -0.05) is 24.4 Å². The Kier molecular flexibility index (Phi) is 4.06. The standard InChI is InChI=1S/C9H16N2S2/c1-3-10-6-5-7-11(4-2)9(13)8(10)12/h3-7H2,1-2H3. The number of hydrogen-bond acceptors (Lipinski definition) is 2. The molecule has 0 amide bonds. The fourth-order valence-electron chi connectivity index (χ4n) is 1.53. The van der Waals surface area contributed by atoms with Crippen molar-refractivity contribution in [3.05, 3.63) is 0 Å². The fraction of sp³-hybridized carbons (Fsp3) is 0.778. The monoisotopic (exact) mass is 216 g/mol. The lowest BCUT2D eigenvalue weighted by Crippen LogP contribution is -2.39. The van der Waals surface area contributed by atoms with Crippen molar-refractivity contribution in [2.75, 3.05) is 26.2 Å². The molecule has 1 aliphatic rings. The first-order chi connectivity index (χ1) is 6.20. The van der Waals surface area contributed by atoms with Crippen LogP contribution >= 0.6 is 24.4 Å². The van der Waals surface area contributed by atoms with E-state index in [0.717, 1.165) is 42.6 Å². The quantitative estimate of drug-likeness (QED) is 0.648. The molecule has 1 aliphatic heterocycles. The molecular weight excluding hydrogens is 200 g/mol. The van der Waals surface area contributed by atoms with Gasteiger partial charge in [0.2, 0.25) is 0 Å². The highest BCUT2D eigenvalue weighted by Crippen LogP contribution is 2.08. The van der Waals surface area contributed by atoms with Gasteiger partial charge < -0.3 is 9.80 Å². The van der Waals surface area contributed by atoms with Crippen LogP contribution in [0.25, 0.3) is 0 Å².